The van der Waals surface area contributed by atoms with E-state index in [-0.39, 0.29) is 30.0 Å². The Morgan fingerprint density at radius 3 is 2.35 bits per heavy atom. The van der Waals surface area contributed by atoms with Gasteiger partial charge in [0.15, 0.2) is 5.82 Å². The summed E-state index contributed by atoms with van der Waals surface area (Å²) in [5, 5.41) is 4.92. The van der Waals surface area contributed by atoms with Gasteiger partial charge in [-0.05, 0) is 63.3 Å². The highest BCUT2D eigenvalue weighted by Crippen LogP contribution is 2.34. The fourth-order valence-electron chi connectivity index (χ4n) is 8.47. The number of piperidine rings is 2. The van der Waals surface area contributed by atoms with E-state index in [0.29, 0.717) is 85.7 Å². The van der Waals surface area contributed by atoms with E-state index in [1.807, 2.05) is 40.1 Å². The summed E-state index contributed by atoms with van der Waals surface area (Å²) in [6.45, 7) is 4.58. The first kappa shape index (κ1) is 33.4. The van der Waals surface area contributed by atoms with Crippen LogP contribution in [0, 0.1) is 18.3 Å². The number of terminal acetylenes is 1. The molecule has 49 heavy (non-hydrogen) atoms. The Kier molecular flexibility index (Phi) is 9.55. The summed E-state index contributed by atoms with van der Waals surface area (Å²) >= 11 is 6.43. The summed E-state index contributed by atoms with van der Waals surface area (Å²) in [6.07, 6.45) is 10.5. The number of likely N-dealkylation sites (N-methyl/N-ethyl adjacent to an activating group) is 1. The summed E-state index contributed by atoms with van der Waals surface area (Å²) in [5.74, 6) is 2.49. The van der Waals surface area contributed by atoms with Crippen molar-refractivity contribution < 1.29 is 9.59 Å². The van der Waals surface area contributed by atoms with Crippen LogP contribution in [0.4, 0.5) is 5.69 Å². The van der Waals surface area contributed by atoms with Crippen molar-refractivity contribution in [1.29, 1.82) is 0 Å². The van der Waals surface area contributed by atoms with E-state index in [2.05, 4.69) is 32.9 Å². The van der Waals surface area contributed by atoms with Crippen molar-refractivity contribution in [2.24, 2.45) is 5.92 Å². The Labute approximate surface area is 292 Å². The van der Waals surface area contributed by atoms with Crippen molar-refractivity contribution in [3.05, 3.63) is 69.1 Å². The van der Waals surface area contributed by atoms with E-state index >= 15 is 0 Å². The summed E-state index contributed by atoms with van der Waals surface area (Å²) in [4.78, 5) is 52.6. The average Bonchev–Trinajstić information content (AvgIpc) is 3.83. The lowest BCUT2D eigenvalue weighted by molar-refractivity contribution is -0.143. The number of carbonyl (C=O) groups excluding carboxylic acids is 2. The Morgan fingerprint density at radius 2 is 1.69 bits per heavy atom. The molecule has 2 aromatic carbocycles. The van der Waals surface area contributed by atoms with Crippen molar-refractivity contribution in [1.82, 2.24) is 34.4 Å². The first-order valence-electron chi connectivity index (χ1n) is 17.5. The highest BCUT2D eigenvalue weighted by atomic mass is 35.5. The fraction of sp³-hybridized carbons (Fsp3) is 0.514. The van der Waals surface area contributed by atoms with Crippen LogP contribution in [0.1, 0.15) is 55.7 Å². The molecule has 4 saturated heterocycles. The van der Waals surface area contributed by atoms with Gasteiger partial charge in [0.2, 0.25) is 11.8 Å². The number of halogens is 1. The number of amides is 2. The molecule has 0 saturated carbocycles. The molecule has 0 radical (unpaired) electrons. The number of aromatic amines is 1. The number of benzene rings is 2. The van der Waals surface area contributed by atoms with Crippen LogP contribution in [0.2, 0.25) is 5.02 Å². The number of nitrogen functional groups attached to an aromatic ring is 1. The van der Waals surface area contributed by atoms with Crippen molar-refractivity contribution in [3.63, 3.8) is 0 Å². The SMILES string of the molecule is C#Cc1cc(C[C@@H](CC(=O)N2CCC(n3nc(-c4ccccc4)[nH]c3=O)CC2)C(=O)N2CCC(N3CC4CC3CN4C)CC2)cc(Cl)c1N. The minimum absolute atomic E-state index is 0.00363. The molecule has 2 bridgehead atoms. The van der Waals surface area contributed by atoms with Crippen LogP contribution in [0.15, 0.2) is 47.3 Å². The third-order valence-corrected chi connectivity index (χ3v) is 11.6. The Bertz CT molecular complexity index is 1780. The van der Waals surface area contributed by atoms with E-state index in [9.17, 15) is 14.4 Å². The van der Waals surface area contributed by atoms with Gasteiger partial charge < -0.3 is 20.4 Å². The van der Waals surface area contributed by atoms with E-state index in [0.717, 1.165) is 37.1 Å². The third kappa shape index (κ3) is 6.87. The second-order valence-electron chi connectivity index (χ2n) is 14.2. The van der Waals surface area contributed by atoms with Crippen LogP contribution in [0.5, 0.6) is 0 Å². The normalized spacial score (nSPS) is 22.8. The molecule has 258 valence electrons. The van der Waals surface area contributed by atoms with Crippen LogP contribution < -0.4 is 11.4 Å². The lowest BCUT2D eigenvalue weighted by atomic mass is 9.91. The maximum absolute atomic E-state index is 14.2. The molecule has 0 spiro atoms. The van der Waals surface area contributed by atoms with Crippen LogP contribution >= 0.6 is 11.6 Å². The Hall–Kier alpha value is -4.11. The molecule has 5 heterocycles. The van der Waals surface area contributed by atoms with Crippen molar-refractivity contribution >= 4 is 29.1 Å². The number of nitrogens with one attached hydrogen (secondary N) is 1. The number of anilines is 1. The minimum Gasteiger partial charge on any atom is -0.397 e. The number of carbonyl (C=O) groups is 2. The number of H-pyrrole nitrogens is 1. The highest BCUT2D eigenvalue weighted by Gasteiger charge is 2.45. The molecular weight excluding hydrogens is 640 g/mol. The first-order chi connectivity index (χ1) is 23.7. The zero-order valence-electron chi connectivity index (χ0n) is 28.1. The van der Waals surface area contributed by atoms with Gasteiger partial charge in [0.1, 0.15) is 0 Å². The van der Waals surface area contributed by atoms with Crippen LogP contribution in [0.3, 0.4) is 0 Å². The molecule has 3 aromatic rings. The zero-order valence-corrected chi connectivity index (χ0v) is 28.8. The van der Waals surface area contributed by atoms with E-state index < -0.39 is 5.92 Å². The average molecular weight is 685 g/mol. The molecule has 3 N–H and O–H groups in total. The molecule has 4 aliphatic heterocycles. The van der Waals surface area contributed by atoms with E-state index in [1.54, 1.807) is 12.1 Å². The fourth-order valence-corrected chi connectivity index (χ4v) is 8.71. The number of hydrogen-bond donors (Lipinski definition) is 2. The van der Waals surface area contributed by atoms with Crippen molar-refractivity contribution in [3.8, 4) is 23.7 Å². The highest BCUT2D eigenvalue weighted by molar-refractivity contribution is 6.33. The Morgan fingerprint density at radius 1 is 1.00 bits per heavy atom. The molecule has 0 aliphatic carbocycles. The lowest BCUT2D eigenvalue weighted by Crippen LogP contribution is -2.54. The molecule has 12 heteroatoms. The van der Waals surface area contributed by atoms with Gasteiger partial charge in [-0.2, -0.15) is 0 Å². The number of nitrogens with two attached hydrogens (primary N) is 1. The summed E-state index contributed by atoms with van der Waals surface area (Å²) in [6, 6.07) is 14.7. The molecule has 7 rings (SSSR count). The van der Waals surface area contributed by atoms with Gasteiger partial charge in [0.25, 0.3) is 0 Å². The van der Waals surface area contributed by atoms with E-state index in [4.69, 9.17) is 23.8 Å². The van der Waals surface area contributed by atoms with Crippen LogP contribution in [-0.2, 0) is 16.0 Å². The predicted molar refractivity (Wildman–Crippen MR) is 190 cm³/mol. The van der Waals surface area contributed by atoms with Crippen molar-refractivity contribution in [2.75, 3.05) is 52.0 Å². The van der Waals surface area contributed by atoms with Crippen LogP contribution in [-0.4, -0.2) is 111 Å². The maximum Gasteiger partial charge on any atom is 0.343 e. The van der Waals surface area contributed by atoms with Gasteiger partial charge in [-0.25, -0.2) is 9.48 Å². The number of rotatable bonds is 8. The summed E-state index contributed by atoms with van der Waals surface area (Å²) in [5.41, 5.74) is 8.29. The standard InChI is InChI=1S/C37H45ClN8O3/c1-3-25-17-24(19-32(38)34(25)39)18-27(36(48)44-15-9-28(10-16-44)45-23-30-21-31(45)22-42(30)2)20-33(47)43-13-11-29(12-14-43)46-37(49)40-35(41-46)26-7-5-4-6-8-26/h1,4-8,17,19,27-31H,9-16,18,20-23,39H2,2H3,(H,40,41,49)/t27-,30?,31?/m0/s1. The molecule has 4 aliphatic rings. The number of likely N-dealkylation sites (tertiary alicyclic amines) is 4. The Balaban J connectivity index is 1.01. The molecule has 1 aromatic heterocycles. The molecule has 2 unspecified atom stereocenters. The van der Waals surface area contributed by atoms with Gasteiger partial charge in [0, 0.05) is 74.9 Å². The topological polar surface area (TPSA) is 124 Å². The number of piperazine rings is 1. The zero-order chi connectivity index (χ0) is 34.2. The van der Waals surface area contributed by atoms with Crippen molar-refractivity contribution in [2.45, 2.75) is 69.1 Å². The third-order valence-electron chi connectivity index (χ3n) is 11.3. The minimum atomic E-state index is -0.564. The van der Waals surface area contributed by atoms with Gasteiger partial charge in [-0.1, -0.05) is 47.9 Å². The van der Waals surface area contributed by atoms with Gasteiger partial charge in [-0.3, -0.25) is 19.5 Å². The van der Waals surface area contributed by atoms with Gasteiger partial charge in [-0.15, -0.1) is 11.5 Å². The predicted octanol–water partition coefficient (Wildman–Crippen LogP) is 3.25. The second kappa shape index (κ2) is 14.0. The van der Waals surface area contributed by atoms with E-state index in [1.165, 1.54) is 11.1 Å². The van der Waals surface area contributed by atoms with Crippen LogP contribution in [0.25, 0.3) is 11.4 Å². The molecular formula is C37H45ClN8O3. The first-order valence-corrected chi connectivity index (χ1v) is 17.9. The smallest absolute Gasteiger partial charge is 0.343 e. The number of hydrogen-bond acceptors (Lipinski definition) is 7. The lowest BCUT2D eigenvalue weighted by Gasteiger charge is -2.42. The van der Waals surface area contributed by atoms with Gasteiger partial charge in [0.05, 0.1) is 22.7 Å². The maximum atomic E-state index is 14.2. The summed E-state index contributed by atoms with van der Waals surface area (Å²) in [7, 11) is 2.22. The summed E-state index contributed by atoms with van der Waals surface area (Å²) < 4.78 is 1.51. The second-order valence-corrected chi connectivity index (χ2v) is 14.6. The molecule has 11 nitrogen and oxygen atoms in total. The molecule has 2 amide bonds. The monoisotopic (exact) mass is 684 g/mol. The molecule has 3 atom stereocenters. The van der Waals surface area contributed by atoms with Gasteiger partial charge >= 0.3 is 5.69 Å². The largest absolute Gasteiger partial charge is 0.397 e. The number of fused-ring (bicyclic) bond motifs is 2. The number of aromatic nitrogens is 3. The molecule has 4 fully saturated rings. The quantitative estimate of drug-likeness (QED) is 0.276. The number of nitrogens with zero attached hydrogens (tertiary/aromatic N) is 6.